The molecule has 0 unspecified atom stereocenters. The van der Waals surface area contributed by atoms with Crippen LogP contribution in [0, 0.1) is 0 Å². The maximum Gasteiger partial charge on any atom is 0.330 e. The highest BCUT2D eigenvalue weighted by atomic mass is 16.5. The third kappa shape index (κ3) is 4.23. The minimum atomic E-state index is -0.279. The number of rotatable bonds is 4. The fourth-order valence-electron chi connectivity index (χ4n) is 2.67. The fraction of sp³-hybridized carbons (Fsp3) is 0.471. The van der Waals surface area contributed by atoms with E-state index in [9.17, 15) is 4.79 Å². The Morgan fingerprint density at radius 1 is 1.21 bits per heavy atom. The molecule has 0 radical (unpaired) electrons. The van der Waals surface area contributed by atoms with Gasteiger partial charge in [0.25, 0.3) is 0 Å². The molecule has 0 aliphatic heterocycles. The van der Waals surface area contributed by atoms with Crippen LogP contribution in [0.5, 0.6) is 0 Å². The molecule has 0 atom stereocenters. The number of benzene rings is 1. The molecule has 0 saturated heterocycles. The number of hydrogen-bond donors (Lipinski definition) is 0. The van der Waals surface area contributed by atoms with Gasteiger partial charge in [-0.1, -0.05) is 43.5 Å². The summed E-state index contributed by atoms with van der Waals surface area (Å²) in [7, 11) is 0. The Kier molecular flexibility index (Phi) is 5.20. The van der Waals surface area contributed by atoms with E-state index < -0.39 is 0 Å². The molecular weight excluding hydrogens is 236 g/mol. The van der Waals surface area contributed by atoms with Crippen molar-refractivity contribution in [3.05, 3.63) is 41.5 Å². The van der Waals surface area contributed by atoms with Crippen molar-refractivity contribution < 1.29 is 9.53 Å². The highest BCUT2D eigenvalue weighted by molar-refractivity contribution is 5.87. The monoisotopic (exact) mass is 258 g/mol. The fourth-order valence-corrected chi connectivity index (χ4v) is 2.67. The first kappa shape index (κ1) is 13.9. The first-order valence-electron chi connectivity index (χ1n) is 7.24. The van der Waals surface area contributed by atoms with Gasteiger partial charge < -0.3 is 4.74 Å². The smallest absolute Gasteiger partial charge is 0.330 e. The predicted octanol–water partition coefficient (Wildman–Crippen LogP) is 4.31. The Hall–Kier alpha value is -1.57. The van der Waals surface area contributed by atoms with Crippen LogP contribution < -0.4 is 0 Å². The average molecular weight is 258 g/mol. The lowest BCUT2D eigenvalue weighted by molar-refractivity contribution is -0.137. The quantitative estimate of drug-likeness (QED) is 0.594. The van der Waals surface area contributed by atoms with Gasteiger partial charge in [-0.3, -0.25) is 0 Å². The van der Waals surface area contributed by atoms with Crippen LogP contribution >= 0.6 is 0 Å². The summed E-state index contributed by atoms with van der Waals surface area (Å²) in [5.74, 6) is 0.454. The lowest BCUT2D eigenvalue weighted by Crippen LogP contribution is -2.04. The van der Waals surface area contributed by atoms with Gasteiger partial charge in [-0.15, -0.1) is 0 Å². The van der Waals surface area contributed by atoms with Crippen molar-refractivity contribution in [2.45, 2.75) is 44.9 Å². The van der Waals surface area contributed by atoms with E-state index in [0.29, 0.717) is 6.61 Å². The van der Waals surface area contributed by atoms with Crippen LogP contribution in [-0.2, 0) is 9.53 Å². The van der Waals surface area contributed by atoms with E-state index in [4.69, 9.17) is 4.74 Å². The van der Waals surface area contributed by atoms with Crippen molar-refractivity contribution in [1.82, 2.24) is 0 Å². The largest absolute Gasteiger partial charge is 0.463 e. The summed E-state index contributed by atoms with van der Waals surface area (Å²) in [4.78, 5) is 11.2. The first-order chi connectivity index (χ1) is 9.29. The number of ether oxygens (including phenoxy) is 1. The van der Waals surface area contributed by atoms with Crippen molar-refractivity contribution in [1.29, 1.82) is 0 Å². The molecule has 0 heterocycles. The van der Waals surface area contributed by atoms with Gasteiger partial charge in [-0.05, 0) is 42.9 Å². The van der Waals surface area contributed by atoms with Crippen molar-refractivity contribution >= 4 is 12.0 Å². The molecule has 2 rings (SSSR count). The zero-order chi connectivity index (χ0) is 13.5. The van der Waals surface area contributed by atoms with Gasteiger partial charge in [0.05, 0.1) is 6.61 Å². The Morgan fingerprint density at radius 2 is 1.89 bits per heavy atom. The molecule has 1 fully saturated rings. The zero-order valence-corrected chi connectivity index (χ0v) is 11.6. The zero-order valence-electron chi connectivity index (χ0n) is 11.6. The summed E-state index contributed by atoms with van der Waals surface area (Å²) in [6, 6.07) is 8.56. The molecule has 0 amide bonds. The summed E-state index contributed by atoms with van der Waals surface area (Å²) in [5, 5.41) is 0. The first-order valence-corrected chi connectivity index (χ1v) is 7.24. The molecule has 19 heavy (non-hydrogen) atoms. The number of carbonyl (C=O) groups is 1. The molecule has 1 saturated carbocycles. The molecule has 0 N–H and O–H groups in total. The maximum absolute atomic E-state index is 11.2. The van der Waals surface area contributed by atoms with Crippen LogP contribution in [0.25, 0.3) is 6.08 Å². The van der Waals surface area contributed by atoms with E-state index in [1.54, 1.807) is 0 Å². The van der Waals surface area contributed by atoms with E-state index in [-0.39, 0.29) is 5.97 Å². The molecule has 2 nitrogen and oxygen atoms in total. The van der Waals surface area contributed by atoms with E-state index in [0.717, 1.165) is 11.5 Å². The van der Waals surface area contributed by atoms with Crippen LogP contribution in [0.2, 0.25) is 0 Å². The molecule has 1 aromatic rings. The van der Waals surface area contributed by atoms with Crippen LogP contribution in [0.1, 0.15) is 56.1 Å². The third-order valence-electron chi connectivity index (χ3n) is 3.71. The highest BCUT2D eigenvalue weighted by Crippen LogP contribution is 2.32. The van der Waals surface area contributed by atoms with Gasteiger partial charge in [0.1, 0.15) is 0 Å². The lowest BCUT2D eigenvalue weighted by atomic mass is 9.84. The minimum Gasteiger partial charge on any atom is -0.463 e. The second kappa shape index (κ2) is 7.13. The lowest BCUT2D eigenvalue weighted by Gasteiger charge is -2.21. The Morgan fingerprint density at radius 3 is 2.53 bits per heavy atom. The van der Waals surface area contributed by atoms with E-state index in [1.165, 1.54) is 43.7 Å². The molecule has 0 bridgehead atoms. The molecule has 2 heteroatoms. The number of carbonyl (C=O) groups excluding carboxylic acids is 1. The third-order valence-corrected chi connectivity index (χ3v) is 3.71. The summed E-state index contributed by atoms with van der Waals surface area (Å²) < 4.78 is 4.86. The predicted molar refractivity (Wildman–Crippen MR) is 77.9 cm³/mol. The normalized spacial score (nSPS) is 16.7. The average Bonchev–Trinajstić information content (AvgIpc) is 2.47. The molecule has 0 spiro atoms. The van der Waals surface area contributed by atoms with Crippen molar-refractivity contribution in [3.63, 3.8) is 0 Å². The second-order valence-corrected chi connectivity index (χ2v) is 5.09. The molecule has 0 aromatic heterocycles. The van der Waals surface area contributed by atoms with Crippen LogP contribution in [0.15, 0.2) is 30.3 Å². The van der Waals surface area contributed by atoms with Gasteiger partial charge in [-0.2, -0.15) is 0 Å². The van der Waals surface area contributed by atoms with Gasteiger partial charge in [-0.25, -0.2) is 4.79 Å². The number of hydrogen-bond acceptors (Lipinski definition) is 2. The summed E-state index contributed by atoms with van der Waals surface area (Å²) >= 11 is 0. The van der Waals surface area contributed by atoms with Crippen molar-refractivity contribution in [2.75, 3.05) is 6.61 Å². The van der Waals surface area contributed by atoms with Crippen LogP contribution in [0.4, 0.5) is 0 Å². The van der Waals surface area contributed by atoms with Gasteiger partial charge in [0, 0.05) is 6.08 Å². The summed E-state index contributed by atoms with van der Waals surface area (Å²) in [6.07, 6.45) is 10.0. The van der Waals surface area contributed by atoms with Crippen LogP contribution in [0.3, 0.4) is 0 Å². The SMILES string of the molecule is CCOC(=O)C=Cc1ccc(C2CCCCC2)cc1. The topological polar surface area (TPSA) is 26.3 Å². The summed E-state index contributed by atoms with van der Waals surface area (Å²) in [6.45, 7) is 2.23. The van der Waals surface area contributed by atoms with Gasteiger partial charge in [0.15, 0.2) is 0 Å². The van der Waals surface area contributed by atoms with Gasteiger partial charge >= 0.3 is 5.97 Å². The Labute approximate surface area is 115 Å². The highest BCUT2D eigenvalue weighted by Gasteiger charge is 2.14. The van der Waals surface area contributed by atoms with Crippen molar-refractivity contribution in [2.24, 2.45) is 0 Å². The molecular formula is C17H22O2. The Balaban J connectivity index is 1.96. The maximum atomic E-state index is 11.2. The molecule has 102 valence electrons. The molecule has 1 aromatic carbocycles. The summed E-state index contributed by atoms with van der Waals surface area (Å²) in [5.41, 5.74) is 2.49. The Bertz CT molecular complexity index is 425. The van der Waals surface area contributed by atoms with E-state index in [1.807, 2.05) is 13.0 Å². The number of esters is 1. The van der Waals surface area contributed by atoms with Crippen LogP contribution in [-0.4, -0.2) is 12.6 Å². The van der Waals surface area contributed by atoms with Gasteiger partial charge in [0.2, 0.25) is 0 Å². The van der Waals surface area contributed by atoms with Crippen molar-refractivity contribution in [3.8, 4) is 0 Å². The standard InChI is InChI=1S/C17H22O2/c1-2-19-17(18)13-10-14-8-11-16(12-9-14)15-6-4-3-5-7-15/h8-13,15H,2-7H2,1H3. The van der Waals surface area contributed by atoms with E-state index >= 15 is 0 Å². The second-order valence-electron chi connectivity index (χ2n) is 5.09. The molecule has 1 aliphatic carbocycles. The molecule has 1 aliphatic rings. The minimum absolute atomic E-state index is 0.279. The van der Waals surface area contributed by atoms with E-state index in [2.05, 4.69) is 24.3 Å².